The highest BCUT2D eigenvalue weighted by molar-refractivity contribution is 5.95. The molecule has 0 bridgehead atoms. The Labute approximate surface area is 217 Å². The zero-order valence-corrected chi connectivity index (χ0v) is 21.8. The fraction of sp³-hybridized carbons (Fsp3) is 0.345. The largest absolute Gasteiger partial charge is 0.480 e. The number of hydrogen-bond acceptors (Lipinski definition) is 7. The number of hydrogen-bond donors (Lipinski definition) is 1. The van der Waals surface area contributed by atoms with E-state index in [1.165, 1.54) is 18.4 Å². The maximum absolute atomic E-state index is 11.7. The van der Waals surface area contributed by atoms with E-state index in [0.29, 0.717) is 23.2 Å². The molecule has 3 aromatic heterocycles. The van der Waals surface area contributed by atoms with Crippen molar-refractivity contribution in [3.8, 4) is 17.0 Å². The normalized spacial score (nSPS) is 15.6. The molecule has 1 saturated heterocycles. The number of benzene rings is 1. The van der Waals surface area contributed by atoms with Gasteiger partial charge in [0.25, 0.3) is 0 Å². The number of nitrogen functional groups attached to an aromatic ring is 1. The number of carbonyl (C=O) groups is 1. The van der Waals surface area contributed by atoms with E-state index >= 15 is 0 Å². The van der Waals surface area contributed by atoms with Gasteiger partial charge in [-0.2, -0.15) is 4.98 Å². The first-order chi connectivity index (χ1) is 17.9. The zero-order valence-electron chi connectivity index (χ0n) is 21.8. The first-order valence-corrected chi connectivity index (χ1v) is 12.6. The smallest absolute Gasteiger partial charge is 0.337 e. The molecule has 1 fully saturated rings. The minimum Gasteiger partial charge on any atom is -0.480 e. The van der Waals surface area contributed by atoms with Crippen molar-refractivity contribution in [1.82, 2.24) is 19.4 Å². The summed E-state index contributed by atoms with van der Waals surface area (Å²) in [6, 6.07) is 16.1. The number of aromatic nitrogens is 3. The molecule has 192 valence electrons. The summed E-state index contributed by atoms with van der Waals surface area (Å²) in [7, 11) is 5.10. The Bertz CT molecular complexity index is 1420. The third-order valence-corrected chi connectivity index (χ3v) is 7.64. The highest BCUT2D eigenvalue weighted by Crippen LogP contribution is 2.38. The molecule has 0 unspecified atom stereocenters. The van der Waals surface area contributed by atoms with Crippen molar-refractivity contribution >= 4 is 22.8 Å². The molecule has 4 aromatic rings. The van der Waals surface area contributed by atoms with Crippen LogP contribution in [0.3, 0.4) is 0 Å². The van der Waals surface area contributed by atoms with E-state index in [1.807, 2.05) is 30.5 Å². The van der Waals surface area contributed by atoms with E-state index in [-0.39, 0.29) is 12.0 Å². The van der Waals surface area contributed by atoms with Crippen LogP contribution in [0, 0.1) is 0 Å². The molecule has 1 aliphatic heterocycles. The second-order valence-corrected chi connectivity index (χ2v) is 9.62. The Hall–Kier alpha value is -3.91. The number of piperidine rings is 1. The van der Waals surface area contributed by atoms with Gasteiger partial charge in [-0.05, 0) is 86.3 Å². The van der Waals surface area contributed by atoms with Gasteiger partial charge in [0.15, 0.2) is 0 Å². The third-order valence-electron chi connectivity index (χ3n) is 7.64. The molecule has 0 spiro atoms. The van der Waals surface area contributed by atoms with Gasteiger partial charge in [-0.3, -0.25) is 4.90 Å². The van der Waals surface area contributed by atoms with Crippen molar-refractivity contribution in [3.05, 3.63) is 71.5 Å². The molecule has 5 rings (SSSR count). The number of nitrogens with two attached hydrogens (primary N) is 1. The van der Waals surface area contributed by atoms with Crippen LogP contribution in [0.15, 0.2) is 54.7 Å². The van der Waals surface area contributed by atoms with E-state index in [2.05, 4.69) is 46.6 Å². The van der Waals surface area contributed by atoms with E-state index in [9.17, 15) is 4.79 Å². The summed E-state index contributed by atoms with van der Waals surface area (Å²) in [6.45, 7) is 4.27. The molecular weight excluding hydrogens is 466 g/mol. The van der Waals surface area contributed by atoms with Gasteiger partial charge < -0.3 is 19.8 Å². The standard InChI is InChI=1S/C29H33N5O3/c1-18(34-15-12-20(13-16-34)19-5-7-21(8-6-19)29(35)37-4)25-17-24-22(11-14-31-27(24)33(25)2)23-9-10-26(30)32-28(23)36-3/h5-11,14,17-18,20H,12-13,15-16H2,1-4H3,(H2,30,32)/t18-/m0/s1. The van der Waals surface area contributed by atoms with Gasteiger partial charge in [-0.15, -0.1) is 0 Å². The topological polar surface area (TPSA) is 95.5 Å². The van der Waals surface area contributed by atoms with Crippen molar-refractivity contribution in [2.45, 2.75) is 31.7 Å². The minimum absolute atomic E-state index is 0.237. The molecule has 37 heavy (non-hydrogen) atoms. The molecule has 0 radical (unpaired) electrons. The highest BCUT2D eigenvalue weighted by atomic mass is 16.5. The summed E-state index contributed by atoms with van der Waals surface area (Å²) in [5, 5.41) is 1.07. The van der Waals surface area contributed by atoms with Crippen LogP contribution in [-0.4, -0.2) is 52.7 Å². The quantitative estimate of drug-likeness (QED) is 0.375. The Balaban J connectivity index is 1.36. The van der Waals surface area contributed by atoms with Crippen LogP contribution in [0.2, 0.25) is 0 Å². The number of methoxy groups -OCH3 is 2. The molecule has 8 nitrogen and oxygen atoms in total. The number of carbonyl (C=O) groups excluding carboxylic acids is 1. The fourth-order valence-corrected chi connectivity index (χ4v) is 5.51. The SMILES string of the molecule is COC(=O)c1ccc(C2CCN([C@@H](C)c3cc4c(-c5ccc(N)nc5OC)ccnc4n3C)CC2)cc1. The van der Waals surface area contributed by atoms with Crippen molar-refractivity contribution in [2.75, 3.05) is 33.0 Å². The van der Waals surface area contributed by atoms with Crippen LogP contribution >= 0.6 is 0 Å². The maximum Gasteiger partial charge on any atom is 0.337 e. The number of ether oxygens (including phenoxy) is 2. The minimum atomic E-state index is -0.297. The van der Waals surface area contributed by atoms with Crippen LogP contribution in [0.1, 0.15) is 53.3 Å². The predicted molar refractivity (Wildman–Crippen MR) is 145 cm³/mol. The monoisotopic (exact) mass is 499 g/mol. The summed E-state index contributed by atoms with van der Waals surface area (Å²) >= 11 is 0. The summed E-state index contributed by atoms with van der Waals surface area (Å²) in [4.78, 5) is 23.3. The molecule has 8 heteroatoms. The van der Waals surface area contributed by atoms with Gasteiger partial charge in [0, 0.05) is 35.9 Å². The maximum atomic E-state index is 11.7. The van der Waals surface area contributed by atoms with Gasteiger partial charge in [-0.1, -0.05) is 12.1 Å². The number of likely N-dealkylation sites (tertiary alicyclic amines) is 1. The lowest BCUT2D eigenvalue weighted by Crippen LogP contribution is -2.35. The summed E-state index contributed by atoms with van der Waals surface area (Å²) in [5.74, 6) is 1.12. The first-order valence-electron chi connectivity index (χ1n) is 12.6. The number of aryl methyl sites for hydroxylation is 1. The number of pyridine rings is 2. The van der Waals surface area contributed by atoms with E-state index in [0.717, 1.165) is 48.1 Å². The number of esters is 1. The van der Waals surface area contributed by atoms with Gasteiger partial charge in [0.05, 0.1) is 19.8 Å². The van der Waals surface area contributed by atoms with Crippen molar-refractivity contribution in [1.29, 1.82) is 0 Å². The van der Waals surface area contributed by atoms with Gasteiger partial charge >= 0.3 is 5.97 Å². The second-order valence-electron chi connectivity index (χ2n) is 9.62. The van der Waals surface area contributed by atoms with Crippen LogP contribution in [0.25, 0.3) is 22.2 Å². The lowest BCUT2D eigenvalue weighted by Gasteiger charge is -2.36. The molecule has 1 aromatic carbocycles. The first kappa shape index (κ1) is 24.8. The summed E-state index contributed by atoms with van der Waals surface area (Å²) in [5.41, 5.74) is 11.8. The van der Waals surface area contributed by atoms with Crippen LogP contribution in [0.4, 0.5) is 5.82 Å². The average molecular weight is 500 g/mol. The van der Waals surface area contributed by atoms with Crippen molar-refractivity contribution in [3.63, 3.8) is 0 Å². The van der Waals surface area contributed by atoms with E-state index < -0.39 is 0 Å². The van der Waals surface area contributed by atoms with E-state index in [4.69, 9.17) is 20.2 Å². The molecule has 0 aliphatic carbocycles. The highest BCUT2D eigenvalue weighted by Gasteiger charge is 2.27. The van der Waals surface area contributed by atoms with Gasteiger partial charge in [-0.25, -0.2) is 9.78 Å². The number of anilines is 1. The molecule has 0 amide bonds. The molecular formula is C29H33N5O3. The number of rotatable bonds is 6. The van der Waals surface area contributed by atoms with Crippen LogP contribution in [0.5, 0.6) is 5.88 Å². The predicted octanol–water partition coefficient (Wildman–Crippen LogP) is 4.95. The molecule has 2 N–H and O–H groups in total. The molecule has 0 saturated carbocycles. The second kappa shape index (κ2) is 10.2. The molecule has 1 aliphatic rings. The Morgan fingerprint density at radius 2 is 1.78 bits per heavy atom. The third kappa shape index (κ3) is 4.64. The lowest BCUT2D eigenvalue weighted by atomic mass is 9.88. The molecule has 4 heterocycles. The number of nitrogens with zero attached hydrogens (tertiary/aromatic N) is 4. The van der Waals surface area contributed by atoms with Gasteiger partial charge in [0.1, 0.15) is 11.5 Å². The zero-order chi connectivity index (χ0) is 26.1. The van der Waals surface area contributed by atoms with Crippen molar-refractivity contribution in [2.24, 2.45) is 7.05 Å². The average Bonchev–Trinajstić information content (AvgIpc) is 3.28. The fourth-order valence-electron chi connectivity index (χ4n) is 5.51. The Morgan fingerprint density at radius 3 is 2.46 bits per heavy atom. The van der Waals surface area contributed by atoms with Crippen LogP contribution in [-0.2, 0) is 11.8 Å². The Kier molecular flexibility index (Phi) is 6.84. The number of fused-ring (bicyclic) bond motifs is 1. The Morgan fingerprint density at radius 1 is 1.05 bits per heavy atom. The van der Waals surface area contributed by atoms with Crippen molar-refractivity contribution < 1.29 is 14.3 Å². The van der Waals surface area contributed by atoms with Gasteiger partial charge in [0.2, 0.25) is 5.88 Å². The summed E-state index contributed by atoms with van der Waals surface area (Å²) < 4.78 is 12.5. The lowest BCUT2D eigenvalue weighted by molar-refractivity contribution is 0.0600. The van der Waals surface area contributed by atoms with Crippen LogP contribution < -0.4 is 10.5 Å². The van der Waals surface area contributed by atoms with E-state index in [1.54, 1.807) is 13.2 Å². The molecule has 1 atom stereocenters. The summed E-state index contributed by atoms with van der Waals surface area (Å²) in [6.07, 6.45) is 3.98.